The van der Waals surface area contributed by atoms with Gasteiger partial charge in [0.2, 0.25) is 0 Å². The number of hydrogen-bond donors (Lipinski definition) is 1. The Bertz CT molecular complexity index is 593. The van der Waals surface area contributed by atoms with Crippen molar-refractivity contribution in [3.05, 3.63) is 16.5 Å². The maximum absolute atomic E-state index is 12.2. The van der Waals surface area contributed by atoms with Crippen molar-refractivity contribution in [2.24, 2.45) is 5.92 Å². The molecule has 0 aliphatic rings. The highest BCUT2D eigenvalue weighted by Gasteiger charge is 2.22. The van der Waals surface area contributed by atoms with Crippen molar-refractivity contribution in [3.63, 3.8) is 0 Å². The quantitative estimate of drug-likeness (QED) is 0.757. The molecule has 120 valence electrons. The van der Waals surface area contributed by atoms with E-state index in [4.69, 9.17) is 10.7 Å². The predicted octanol–water partition coefficient (Wildman–Crippen LogP) is 3.93. The zero-order chi connectivity index (χ0) is 16.2. The SMILES string of the molecule is Cc1c(C(=O)NC(C)CCCC(C)C)csc1S(=O)(=O)Cl. The molecule has 0 saturated heterocycles. The zero-order valence-corrected chi connectivity index (χ0v) is 15.2. The molecule has 0 fully saturated rings. The molecule has 0 bridgehead atoms. The monoisotopic (exact) mass is 351 g/mol. The molecule has 0 aliphatic carbocycles. The highest BCUT2D eigenvalue weighted by molar-refractivity contribution is 8.15. The lowest BCUT2D eigenvalue weighted by molar-refractivity contribution is 0.0937. The zero-order valence-electron chi connectivity index (χ0n) is 12.8. The number of hydrogen-bond acceptors (Lipinski definition) is 4. The van der Waals surface area contributed by atoms with Gasteiger partial charge in [0, 0.05) is 22.1 Å². The number of nitrogens with one attached hydrogen (secondary N) is 1. The summed E-state index contributed by atoms with van der Waals surface area (Å²) < 4.78 is 22.8. The Morgan fingerprint density at radius 3 is 2.43 bits per heavy atom. The Labute approximate surface area is 135 Å². The van der Waals surface area contributed by atoms with Crippen LogP contribution in [0.25, 0.3) is 0 Å². The first kappa shape index (κ1) is 18.5. The molecule has 0 spiro atoms. The molecule has 1 rings (SSSR count). The Kier molecular flexibility index (Phi) is 6.69. The maximum Gasteiger partial charge on any atom is 0.271 e. The van der Waals surface area contributed by atoms with Crippen molar-refractivity contribution < 1.29 is 13.2 Å². The number of amides is 1. The molecular formula is C14H22ClNO3S2. The third kappa shape index (κ3) is 5.60. The minimum atomic E-state index is -3.79. The Morgan fingerprint density at radius 1 is 1.33 bits per heavy atom. The number of thiophene rings is 1. The van der Waals surface area contributed by atoms with Gasteiger partial charge < -0.3 is 5.32 Å². The van der Waals surface area contributed by atoms with Crippen molar-refractivity contribution in [2.45, 2.75) is 57.2 Å². The topological polar surface area (TPSA) is 63.2 Å². The summed E-state index contributed by atoms with van der Waals surface area (Å²) >= 11 is 0.980. The molecule has 1 heterocycles. The average molecular weight is 352 g/mol. The van der Waals surface area contributed by atoms with E-state index in [-0.39, 0.29) is 16.2 Å². The third-order valence-corrected chi connectivity index (χ3v) is 6.56. The lowest BCUT2D eigenvalue weighted by atomic mass is 10.0. The summed E-state index contributed by atoms with van der Waals surface area (Å²) in [5, 5.41) is 4.45. The summed E-state index contributed by atoms with van der Waals surface area (Å²) in [6.07, 6.45) is 3.10. The van der Waals surface area contributed by atoms with Crippen LogP contribution in [-0.2, 0) is 9.05 Å². The second-order valence-corrected chi connectivity index (χ2v) is 9.34. The molecule has 0 radical (unpaired) electrons. The van der Waals surface area contributed by atoms with Gasteiger partial charge in [-0.1, -0.05) is 26.7 Å². The van der Waals surface area contributed by atoms with Crippen molar-refractivity contribution >= 4 is 37.0 Å². The molecule has 1 unspecified atom stereocenters. The molecule has 0 saturated carbocycles. The Balaban J connectivity index is 2.66. The van der Waals surface area contributed by atoms with Gasteiger partial charge in [-0.25, -0.2) is 8.42 Å². The standard InChI is InChI=1S/C14H22ClNO3S2/c1-9(2)6-5-7-10(3)16-13(17)12-8-20-14(11(12)4)21(15,18)19/h8-10H,5-7H2,1-4H3,(H,16,17). The molecule has 21 heavy (non-hydrogen) atoms. The fraction of sp³-hybridized carbons (Fsp3) is 0.643. The van der Waals surface area contributed by atoms with Crippen LogP contribution >= 0.6 is 22.0 Å². The summed E-state index contributed by atoms with van der Waals surface area (Å²) in [4.78, 5) is 12.2. The van der Waals surface area contributed by atoms with Gasteiger partial charge in [0.05, 0.1) is 5.56 Å². The van der Waals surface area contributed by atoms with Gasteiger partial charge >= 0.3 is 0 Å². The van der Waals surface area contributed by atoms with Gasteiger partial charge in [-0.2, -0.15) is 0 Å². The van der Waals surface area contributed by atoms with Gasteiger partial charge in [-0.3, -0.25) is 4.79 Å². The normalized spacial score (nSPS) is 13.4. The molecule has 0 aromatic carbocycles. The van der Waals surface area contributed by atoms with E-state index in [0.717, 1.165) is 30.6 Å². The molecular weight excluding hydrogens is 330 g/mol. The van der Waals surface area contributed by atoms with E-state index in [1.165, 1.54) is 0 Å². The Hall–Kier alpha value is -0.590. The van der Waals surface area contributed by atoms with Crippen LogP contribution in [0.4, 0.5) is 0 Å². The molecule has 4 nitrogen and oxygen atoms in total. The molecule has 1 N–H and O–H groups in total. The number of rotatable bonds is 7. The van der Waals surface area contributed by atoms with Crippen LogP contribution in [0.5, 0.6) is 0 Å². The number of carbonyl (C=O) groups is 1. The summed E-state index contributed by atoms with van der Waals surface area (Å²) in [5.41, 5.74) is 0.803. The summed E-state index contributed by atoms with van der Waals surface area (Å²) in [6.45, 7) is 7.90. The molecule has 1 amide bonds. The van der Waals surface area contributed by atoms with Gasteiger partial charge in [0.25, 0.3) is 15.0 Å². The van der Waals surface area contributed by atoms with Crippen LogP contribution < -0.4 is 5.32 Å². The smallest absolute Gasteiger partial charge is 0.271 e. The summed E-state index contributed by atoms with van der Waals surface area (Å²) in [7, 11) is 1.55. The van der Waals surface area contributed by atoms with Crippen LogP contribution in [-0.4, -0.2) is 20.4 Å². The van der Waals surface area contributed by atoms with Crippen LogP contribution in [0.1, 0.15) is 56.0 Å². The maximum atomic E-state index is 12.2. The van der Waals surface area contributed by atoms with Gasteiger partial charge in [-0.05, 0) is 31.7 Å². The average Bonchev–Trinajstić information content (AvgIpc) is 2.70. The molecule has 7 heteroatoms. The predicted molar refractivity (Wildman–Crippen MR) is 87.7 cm³/mol. The Morgan fingerprint density at radius 2 is 1.95 bits per heavy atom. The van der Waals surface area contributed by atoms with Crippen molar-refractivity contribution in [3.8, 4) is 0 Å². The van der Waals surface area contributed by atoms with Crippen molar-refractivity contribution in [1.82, 2.24) is 5.32 Å². The van der Waals surface area contributed by atoms with Crippen LogP contribution in [0.15, 0.2) is 9.59 Å². The first-order valence-corrected chi connectivity index (χ1v) is 10.2. The van der Waals surface area contributed by atoms with E-state index in [1.807, 2.05) is 6.92 Å². The van der Waals surface area contributed by atoms with Crippen molar-refractivity contribution in [2.75, 3.05) is 0 Å². The van der Waals surface area contributed by atoms with E-state index in [9.17, 15) is 13.2 Å². The lowest BCUT2D eigenvalue weighted by Crippen LogP contribution is -2.32. The highest BCUT2D eigenvalue weighted by atomic mass is 35.7. The van der Waals surface area contributed by atoms with Crippen molar-refractivity contribution in [1.29, 1.82) is 0 Å². The van der Waals surface area contributed by atoms with Crippen LogP contribution in [0, 0.1) is 12.8 Å². The van der Waals surface area contributed by atoms with E-state index >= 15 is 0 Å². The summed E-state index contributed by atoms with van der Waals surface area (Å²) in [5.74, 6) is 0.413. The molecule has 1 aromatic rings. The lowest BCUT2D eigenvalue weighted by Gasteiger charge is -2.14. The third-order valence-electron chi connectivity index (χ3n) is 3.26. The molecule has 1 atom stereocenters. The minimum Gasteiger partial charge on any atom is -0.350 e. The van der Waals surface area contributed by atoms with E-state index < -0.39 is 9.05 Å². The second-order valence-electron chi connectivity index (χ2n) is 5.70. The van der Waals surface area contributed by atoms with Crippen LogP contribution in [0.2, 0.25) is 0 Å². The minimum absolute atomic E-state index is 0.0433. The molecule has 0 aliphatic heterocycles. The van der Waals surface area contributed by atoms with Crippen LogP contribution in [0.3, 0.4) is 0 Å². The second kappa shape index (κ2) is 7.61. The van der Waals surface area contributed by atoms with Gasteiger partial charge in [-0.15, -0.1) is 11.3 Å². The number of halogens is 1. The highest BCUT2D eigenvalue weighted by Crippen LogP contribution is 2.29. The number of carbonyl (C=O) groups excluding carboxylic acids is 1. The fourth-order valence-electron chi connectivity index (χ4n) is 2.07. The fourth-order valence-corrected chi connectivity index (χ4v) is 4.62. The largest absolute Gasteiger partial charge is 0.350 e. The van der Waals surface area contributed by atoms with E-state index in [2.05, 4.69) is 19.2 Å². The van der Waals surface area contributed by atoms with Gasteiger partial charge in [0.1, 0.15) is 4.21 Å². The molecule has 1 aromatic heterocycles. The van der Waals surface area contributed by atoms with E-state index in [1.54, 1.807) is 12.3 Å². The first-order valence-electron chi connectivity index (χ1n) is 6.96. The summed E-state index contributed by atoms with van der Waals surface area (Å²) in [6, 6.07) is 0.0617. The van der Waals surface area contributed by atoms with Gasteiger partial charge in [0.15, 0.2) is 0 Å². The van der Waals surface area contributed by atoms with E-state index in [0.29, 0.717) is 17.0 Å². The first-order chi connectivity index (χ1) is 9.62.